The monoisotopic (exact) mass is 341 g/mol. The maximum Gasteiger partial charge on any atom is 0.303 e. The molecule has 0 saturated heterocycles. The third kappa shape index (κ3) is 21.4. The Morgan fingerprint density at radius 2 is 0.750 bits per heavy atom. The van der Waals surface area contributed by atoms with E-state index in [1.807, 2.05) is 0 Å². The van der Waals surface area contributed by atoms with Gasteiger partial charge in [0.05, 0.1) is 0 Å². The van der Waals surface area contributed by atoms with E-state index in [1.54, 1.807) is 0 Å². The summed E-state index contributed by atoms with van der Waals surface area (Å²) in [6, 6.07) is 0. The summed E-state index contributed by atoms with van der Waals surface area (Å²) in [4.78, 5) is 10.4. The van der Waals surface area contributed by atoms with Gasteiger partial charge in [-0.1, -0.05) is 103 Å². The van der Waals surface area contributed by atoms with Gasteiger partial charge < -0.3 is 10.8 Å². The molecule has 3 nitrogen and oxygen atoms in total. The van der Waals surface area contributed by atoms with Gasteiger partial charge in [0.25, 0.3) is 0 Å². The number of hydrogen-bond acceptors (Lipinski definition) is 2. The van der Waals surface area contributed by atoms with Crippen LogP contribution in [0.25, 0.3) is 0 Å². The minimum atomic E-state index is -0.655. The molecule has 0 aromatic rings. The molecule has 0 radical (unpaired) electrons. The quantitative estimate of drug-likeness (QED) is 0.250. The molecule has 0 rings (SSSR count). The van der Waals surface area contributed by atoms with Gasteiger partial charge in [-0.2, -0.15) is 0 Å². The smallest absolute Gasteiger partial charge is 0.303 e. The molecule has 3 heteroatoms. The molecule has 0 aromatic carbocycles. The van der Waals surface area contributed by atoms with Crippen molar-refractivity contribution in [3.8, 4) is 0 Å². The standard InChI is InChI=1S/C21H43NO2/c22-20-18-16-14-12-10-8-6-4-2-1-3-5-7-9-11-13-15-17-19-21(23)24/h1-20,22H2,(H,23,24). The van der Waals surface area contributed by atoms with Crippen LogP contribution in [0.1, 0.15) is 122 Å². The number of rotatable bonds is 20. The van der Waals surface area contributed by atoms with E-state index in [0.717, 1.165) is 19.4 Å². The van der Waals surface area contributed by atoms with Gasteiger partial charge in [0, 0.05) is 6.42 Å². The highest BCUT2D eigenvalue weighted by Gasteiger charge is 1.97. The topological polar surface area (TPSA) is 63.3 Å². The molecular weight excluding hydrogens is 298 g/mol. The molecule has 0 aliphatic rings. The van der Waals surface area contributed by atoms with Crippen LogP contribution in [0.3, 0.4) is 0 Å². The molecular formula is C21H43NO2. The summed E-state index contributed by atoms with van der Waals surface area (Å²) >= 11 is 0. The van der Waals surface area contributed by atoms with E-state index < -0.39 is 5.97 Å². The summed E-state index contributed by atoms with van der Waals surface area (Å²) in [7, 11) is 0. The lowest BCUT2D eigenvalue weighted by molar-refractivity contribution is -0.137. The molecule has 0 unspecified atom stereocenters. The highest BCUT2D eigenvalue weighted by Crippen LogP contribution is 2.14. The summed E-state index contributed by atoms with van der Waals surface area (Å²) in [5.41, 5.74) is 5.49. The van der Waals surface area contributed by atoms with E-state index in [9.17, 15) is 4.79 Å². The van der Waals surface area contributed by atoms with E-state index >= 15 is 0 Å². The van der Waals surface area contributed by atoms with Crippen LogP contribution in [0.5, 0.6) is 0 Å². The van der Waals surface area contributed by atoms with Crippen molar-refractivity contribution in [1.29, 1.82) is 0 Å². The minimum Gasteiger partial charge on any atom is -0.481 e. The first-order chi connectivity index (χ1) is 11.8. The normalized spacial score (nSPS) is 11.0. The molecule has 144 valence electrons. The van der Waals surface area contributed by atoms with Gasteiger partial charge in [0.1, 0.15) is 0 Å². The number of hydrogen-bond donors (Lipinski definition) is 2. The van der Waals surface area contributed by atoms with Gasteiger partial charge in [-0.25, -0.2) is 0 Å². The Morgan fingerprint density at radius 3 is 1.00 bits per heavy atom. The number of carboxylic acids is 1. The third-order valence-electron chi connectivity index (χ3n) is 4.84. The highest BCUT2D eigenvalue weighted by atomic mass is 16.4. The SMILES string of the molecule is NCCCCCCCCCCCCCCCCCCCCC(=O)O. The van der Waals surface area contributed by atoms with Crippen molar-refractivity contribution < 1.29 is 9.90 Å². The molecule has 0 aliphatic carbocycles. The molecule has 0 spiro atoms. The average Bonchev–Trinajstić information content (AvgIpc) is 2.56. The van der Waals surface area contributed by atoms with Gasteiger partial charge in [0.2, 0.25) is 0 Å². The van der Waals surface area contributed by atoms with Gasteiger partial charge in [-0.15, -0.1) is 0 Å². The fourth-order valence-corrected chi connectivity index (χ4v) is 3.25. The molecule has 0 aliphatic heterocycles. The van der Waals surface area contributed by atoms with Crippen LogP contribution in [0, 0.1) is 0 Å². The molecule has 3 N–H and O–H groups in total. The minimum absolute atomic E-state index is 0.342. The lowest BCUT2D eigenvalue weighted by Gasteiger charge is -2.03. The van der Waals surface area contributed by atoms with Crippen molar-refractivity contribution in [3.63, 3.8) is 0 Å². The second-order valence-electron chi connectivity index (χ2n) is 7.30. The summed E-state index contributed by atoms with van der Waals surface area (Å²) in [6.07, 6.45) is 24.0. The zero-order valence-corrected chi connectivity index (χ0v) is 16.1. The first-order valence-electron chi connectivity index (χ1n) is 10.7. The van der Waals surface area contributed by atoms with Crippen molar-refractivity contribution in [2.75, 3.05) is 6.54 Å². The second kappa shape index (κ2) is 20.5. The van der Waals surface area contributed by atoms with Crippen LogP contribution < -0.4 is 5.73 Å². The second-order valence-corrected chi connectivity index (χ2v) is 7.30. The zero-order valence-electron chi connectivity index (χ0n) is 16.1. The Morgan fingerprint density at radius 1 is 0.500 bits per heavy atom. The first kappa shape index (κ1) is 23.4. The van der Waals surface area contributed by atoms with E-state index in [-0.39, 0.29) is 0 Å². The molecule has 0 amide bonds. The van der Waals surface area contributed by atoms with Crippen molar-refractivity contribution in [2.24, 2.45) is 5.73 Å². The molecule has 0 fully saturated rings. The Hall–Kier alpha value is -0.570. The number of carboxylic acid groups (broad SMARTS) is 1. The van der Waals surface area contributed by atoms with Crippen molar-refractivity contribution in [3.05, 3.63) is 0 Å². The first-order valence-corrected chi connectivity index (χ1v) is 10.7. The Bertz CT molecular complexity index is 256. The van der Waals surface area contributed by atoms with E-state index in [2.05, 4.69) is 0 Å². The van der Waals surface area contributed by atoms with Crippen LogP contribution in [-0.2, 0) is 4.79 Å². The number of carbonyl (C=O) groups is 1. The van der Waals surface area contributed by atoms with Gasteiger partial charge in [-0.3, -0.25) is 4.79 Å². The Balaban J connectivity index is 2.97. The molecule has 0 atom stereocenters. The van der Waals surface area contributed by atoms with E-state index in [4.69, 9.17) is 10.8 Å². The summed E-state index contributed by atoms with van der Waals surface area (Å²) in [6.45, 7) is 0.854. The average molecular weight is 342 g/mol. The van der Waals surface area contributed by atoms with Gasteiger partial charge in [-0.05, 0) is 19.4 Å². The summed E-state index contributed by atoms with van der Waals surface area (Å²) in [5.74, 6) is -0.655. The largest absolute Gasteiger partial charge is 0.481 e. The third-order valence-corrected chi connectivity index (χ3v) is 4.84. The van der Waals surface area contributed by atoms with Crippen molar-refractivity contribution in [2.45, 2.75) is 122 Å². The van der Waals surface area contributed by atoms with Crippen LogP contribution in [-0.4, -0.2) is 17.6 Å². The lowest BCUT2D eigenvalue weighted by atomic mass is 10.0. The van der Waals surface area contributed by atoms with Gasteiger partial charge in [0.15, 0.2) is 0 Å². The Labute approximate surface area is 150 Å². The molecule has 0 aromatic heterocycles. The van der Waals surface area contributed by atoms with Crippen LogP contribution in [0.2, 0.25) is 0 Å². The van der Waals surface area contributed by atoms with Crippen LogP contribution in [0.15, 0.2) is 0 Å². The zero-order chi connectivity index (χ0) is 17.7. The molecule has 0 heterocycles. The molecule has 24 heavy (non-hydrogen) atoms. The lowest BCUT2D eigenvalue weighted by Crippen LogP contribution is -1.97. The molecule has 0 bridgehead atoms. The van der Waals surface area contributed by atoms with Crippen molar-refractivity contribution in [1.82, 2.24) is 0 Å². The predicted octanol–water partition coefficient (Wildman–Crippen LogP) is 6.44. The predicted molar refractivity (Wildman–Crippen MR) is 104 cm³/mol. The summed E-state index contributed by atoms with van der Waals surface area (Å²) < 4.78 is 0. The number of aliphatic carboxylic acids is 1. The number of nitrogens with two attached hydrogens (primary N) is 1. The Kier molecular flexibility index (Phi) is 20.0. The maximum atomic E-state index is 10.4. The van der Waals surface area contributed by atoms with Crippen LogP contribution in [0.4, 0.5) is 0 Å². The van der Waals surface area contributed by atoms with Crippen molar-refractivity contribution >= 4 is 5.97 Å². The van der Waals surface area contributed by atoms with Crippen LogP contribution >= 0.6 is 0 Å². The fraction of sp³-hybridized carbons (Fsp3) is 0.952. The maximum absolute atomic E-state index is 10.4. The van der Waals surface area contributed by atoms with E-state index in [0.29, 0.717) is 6.42 Å². The fourth-order valence-electron chi connectivity index (χ4n) is 3.25. The number of unbranched alkanes of at least 4 members (excludes halogenated alkanes) is 17. The highest BCUT2D eigenvalue weighted by molar-refractivity contribution is 5.66. The molecule has 0 saturated carbocycles. The van der Waals surface area contributed by atoms with Gasteiger partial charge >= 0.3 is 5.97 Å². The van der Waals surface area contributed by atoms with E-state index in [1.165, 1.54) is 103 Å². The summed E-state index contributed by atoms with van der Waals surface area (Å²) in [5, 5.41) is 8.55.